The minimum Gasteiger partial charge on any atom is -0.391 e. The molecule has 3 amide bonds. The molecule has 6 nitrogen and oxygen atoms in total. The van der Waals surface area contributed by atoms with Crippen LogP contribution >= 0.6 is 0 Å². The topological polar surface area (TPSA) is 84.6 Å². The van der Waals surface area contributed by atoms with Gasteiger partial charge in [0.15, 0.2) is 0 Å². The highest BCUT2D eigenvalue weighted by Gasteiger charge is 2.62. The molecule has 0 radical (unpaired) electrons. The molecule has 2 heterocycles. The molecule has 9 heteroatoms. The van der Waals surface area contributed by atoms with Gasteiger partial charge in [0.1, 0.15) is 6.04 Å². The third-order valence-corrected chi connectivity index (χ3v) is 5.21. The number of halogens is 3. The van der Waals surface area contributed by atoms with Crippen molar-refractivity contribution in [3.05, 3.63) is 29.3 Å². The van der Waals surface area contributed by atoms with E-state index in [0.29, 0.717) is 18.9 Å². The van der Waals surface area contributed by atoms with Crippen LogP contribution in [0.5, 0.6) is 0 Å². The van der Waals surface area contributed by atoms with Crippen molar-refractivity contribution in [3.63, 3.8) is 0 Å². The molecule has 3 aliphatic rings. The molecule has 0 aromatic heterocycles. The second kappa shape index (κ2) is 4.95. The third-order valence-electron chi connectivity index (χ3n) is 5.21. The highest BCUT2D eigenvalue weighted by atomic mass is 19.4. The van der Waals surface area contributed by atoms with Crippen LogP contribution in [0.2, 0.25) is 0 Å². The first kappa shape index (κ1) is 15.9. The van der Waals surface area contributed by atoms with E-state index in [1.54, 1.807) is 0 Å². The molecule has 4 rings (SSSR count). The molecule has 0 unspecified atom stereocenters. The first-order chi connectivity index (χ1) is 11.7. The number of aliphatic hydroxyl groups excluding tert-OH is 1. The van der Waals surface area contributed by atoms with Gasteiger partial charge in [0.25, 0.3) is 5.91 Å². The van der Waals surface area contributed by atoms with Gasteiger partial charge in [-0.2, -0.15) is 18.4 Å². The van der Waals surface area contributed by atoms with Gasteiger partial charge in [-0.25, -0.2) is 9.69 Å². The Bertz CT molecular complexity index is 832. The lowest BCUT2D eigenvalue weighted by atomic mass is 9.98. The maximum absolute atomic E-state index is 13.1. The molecule has 2 aliphatic heterocycles. The van der Waals surface area contributed by atoms with Gasteiger partial charge in [0.2, 0.25) is 0 Å². The number of nitrogens with zero attached hydrogens (tertiary/aromatic N) is 3. The zero-order chi connectivity index (χ0) is 18.1. The largest absolute Gasteiger partial charge is 0.417 e. The van der Waals surface area contributed by atoms with E-state index in [4.69, 9.17) is 5.26 Å². The Morgan fingerprint density at radius 1 is 1.24 bits per heavy atom. The molecule has 2 saturated heterocycles. The van der Waals surface area contributed by atoms with Gasteiger partial charge >= 0.3 is 12.2 Å². The van der Waals surface area contributed by atoms with Gasteiger partial charge in [-0.3, -0.25) is 4.79 Å². The van der Waals surface area contributed by atoms with E-state index >= 15 is 0 Å². The van der Waals surface area contributed by atoms with Gasteiger partial charge < -0.3 is 10.0 Å². The summed E-state index contributed by atoms with van der Waals surface area (Å²) in [5.74, 6) is -0.760. The van der Waals surface area contributed by atoms with E-state index in [1.165, 1.54) is 11.0 Å². The summed E-state index contributed by atoms with van der Waals surface area (Å²) in [4.78, 5) is 27.3. The molecule has 1 aliphatic carbocycles. The number of alkyl halides is 3. The lowest BCUT2D eigenvalue weighted by Gasteiger charge is -2.29. The van der Waals surface area contributed by atoms with E-state index in [9.17, 15) is 27.9 Å². The fraction of sp³-hybridized carbons (Fsp3) is 0.438. The van der Waals surface area contributed by atoms with E-state index < -0.39 is 47.4 Å². The molecule has 3 fully saturated rings. The van der Waals surface area contributed by atoms with Crippen molar-refractivity contribution in [2.24, 2.45) is 5.92 Å². The molecule has 4 atom stereocenters. The number of hydrogen-bond donors (Lipinski definition) is 1. The molecule has 25 heavy (non-hydrogen) atoms. The van der Waals surface area contributed by atoms with Crippen LogP contribution in [0.4, 0.5) is 23.7 Å². The first-order valence-electron chi connectivity index (χ1n) is 7.69. The Labute approximate surface area is 140 Å². The highest BCUT2D eigenvalue weighted by Crippen LogP contribution is 2.47. The number of fused-ring (bicyclic) bond motifs is 5. The summed E-state index contributed by atoms with van der Waals surface area (Å²) in [5, 5.41) is 18.8. The number of hydrogen-bond acceptors (Lipinski definition) is 4. The Hall–Kier alpha value is -2.60. The van der Waals surface area contributed by atoms with Crippen LogP contribution in [0, 0.1) is 17.2 Å². The minimum absolute atomic E-state index is 0.179. The van der Waals surface area contributed by atoms with Crippen LogP contribution in [0.3, 0.4) is 0 Å². The Morgan fingerprint density at radius 3 is 2.60 bits per heavy atom. The van der Waals surface area contributed by atoms with E-state index in [0.717, 1.165) is 17.0 Å². The minimum atomic E-state index is -4.78. The number of amides is 3. The predicted octanol–water partition coefficient (Wildman–Crippen LogP) is 1.87. The number of anilines is 1. The molecule has 1 N–H and O–H groups in total. The molecule has 1 aromatic rings. The number of rotatable bonds is 1. The van der Waals surface area contributed by atoms with Gasteiger partial charge in [0, 0.05) is 0 Å². The van der Waals surface area contributed by atoms with Crippen LogP contribution in [0.25, 0.3) is 0 Å². The highest BCUT2D eigenvalue weighted by molar-refractivity contribution is 6.22. The number of benzene rings is 1. The summed E-state index contributed by atoms with van der Waals surface area (Å²) in [6.45, 7) is 0. The number of urea groups is 1. The summed E-state index contributed by atoms with van der Waals surface area (Å²) in [6.07, 6.45) is -4.57. The monoisotopic (exact) mass is 351 g/mol. The van der Waals surface area contributed by atoms with Crippen LogP contribution in [-0.4, -0.2) is 40.1 Å². The standard InChI is InChI=1S/C16H12F3N3O3/c17-16(18,19)10-5-9(2-1-7(10)6-20)21-14(24)13-8-3-11(12(23)4-8)22(13)15(21)25/h1-2,5,8,11-13,23H,3-4H2/t8-,11+,12-,13-/m0/s1. The van der Waals surface area contributed by atoms with Crippen LogP contribution < -0.4 is 4.90 Å². The molecule has 130 valence electrons. The normalized spacial score (nSPS) is 30.8. The van der Waals surface area contributed by atoms with Gasteiger partial charge in [0.05, 0.1) is 35.0 Å². The quantitative estimate of drug-likeness (QED) is 0.783. The smallest absolute Gasteiger partial charge is 0.391 e. The van der Waals surface area contributed by atoms with Crippen molar-refractivity contribution in [2.45, 2.75) is 37.2 Å². The Balaban J connectivity index is 1.75. The van der Waals surface area contributed by atoms with E-state index in [-0.39, 0.29) is 11.6 Å². The van der Waals surface area contributed by atoms with Gasteiger partial charge in [-0.1, -0.05) is 0 Å². The zero-order valence-corrected chi connectivity index (χ0v) is 12.7. The molecule has 0 spiro atoms. The summed E-state index contributed by atoms with van der Waals surface area (Å²) >= 11 is 0. The van der Waals surface area contributed by atoms with Crippen LogP contribution in [-0.2, 0) is 11.0 Å². The molecular weight excluding hydrogens is 339 g/mol. The first-order valence-corrected chi connectivity index (χ1v) is 7.69. The maximum Gasteiger partial charge on any atom is 0.417 e. The van der Waals surface area contributed by atoms with Crippen molar-refractivity contribution in [2.75, 3.05) is 4.90 Å². The van der Waals surface area contributed by atoms with Gasteiger partial charge in [-0.05, 0) is 37.0 Å². The number of nitriles is 1. The maximum atomic E-state index is 13.1. The molecule has 1 aromatic carbocycles. The second-order valence-corrected chi connectivity index (χ2v) is 6.51. The summed E-state index contributed by atoms with van der Waals surface area (Å²) < 4.78 is 39.4. The van der Waals surface area contributed by atoms with Crippen LogP contribution in [0.15, 0.2) is 18.2 Å². The predicted molar refractivity (Wildman–Crippen MR) is 77.2 cm³/mol. The zero-order valence-electron chi connectivity index (χ0n) is 12.7. The molecule has 1 saturated carbocycles. The van der Waals surface area contributed by atoms with E-state index in [2.05, 4.69) is 0 Å². The Morgan fingerprint density at radius 2 is 1.96 bits per heavy atom. The summed E-state index contributed by atoms with van der Waals surface area (Å²) in [6, 6.07) is 2.29. The average molecular weight is 351 g/mol. The summed E-state index contributed by atoms with van der Waals surface area (Å²) in [7, 11) is 0. The van der Waals surface area contributed by atoms with Gasteiger partial charge in [-0.15, -0.1) is 0 Å². The van der Waals surface area contributed by atoms with E-state index in [1.807, 2.05) is 0 Å². The van der Waals surface area contributed by atoms with Crippen molar-refractivity contribution in [1.29, 1.82) is 5.26 Å². The second-order valence-electron chi connectivity index (χ2n) is 6.51. The lowest BCUT2D eigenvalue weighted by Crippen LogP contribution is -2.47. The van der Waals surface area contributed by atoms with Crippen molar-refractivity contribution in [1.82, 2.24) is 4.90 Å². The average Bonchev–Trinajstić information content (AvgIpc) is 3.17. The lowest BCUT2D eigenvalue weighted by molar-refractivity contribution is -0.137. The number of imide groups is 1. The number of carbonyl (C=O) groups excluding carboxylic acids is 2. The summed E-state index contributed by atoms with van der Waals surface area (Å²) in [5.41, 5.74) is -1.99. The van der Waals surface area contributed by atoms with Crippen LogP contribution in [0.1, 0.15) is 24.0 Å². The fourth-order valence-corrected chi connectivity index (χ4v) is 4.19. The fourth-order valence-electron chi connectivity index (χ4n) is 4.19. The van der Waals surface area contributed by atoms with Crippen molar-refractivity contribution < 1.29 is 27.9 Å². The number of aliphatic hydroxyl groups is 1. The molecular formula is C16H12F3N3O3. The Kier molecular flexibility index (Phi) is 3.15. The number of piperidine rings is 1. The molecule has 2 bridgehead atoms. The third kappa shape index (κ3) is 2.07. The SMILES string of the molecule is N#Cc1ccc(N2C(=O)[C@@H]3[C@H]4C[C@H]([C@@H](O)C4)N3C2=O)cc1C(F)(F)F. The van der Waals surface area contributed by atoms with Crippen molar-refractivity contribution >= 4 is 17.6 Å². The number of carbonyl (C=O) groups is 2. The van der Waals surface area contributed by atoms with Crippen molar-refractivity contribution in [3.8, 4) is 6.07 Å².